The van der Waals surface area contributed by atoms with E-state index >= 15 is 0 Å². The van der Waals surface area contributed by atoms with Crippen molar-refractivity contribution in [1.29, 1.82) is 0 Å². The van der Waals surface area contributed by atoms with Crippen molar-refractivity contribution in [3.8, 4) is 0 Å². The molecule has 0 rings (SSSR count). The van der Waals surface area contributed by atoms with Crippen LogP contribution in [0.3, 0.4) is 0 Å². The zero-order valence-corrected chi connectivity index (χ0v) is 11.2. The Balaban J connectivity index is 4.80. The highest BCUT2D eigenvalue weighted by molar-refractivity contribution is 7.92. The van der Waals surface area contributed by atoms with Crippen LogP contribution in [0.25, 0.3) is 0 Å². The van der Waals surface area contributed by atoms with Crippen molar-refractivity contribution in [1.82, 2.24) is 0 Å². The van der Waals surface area contributed by atoms with E-state index in [2.05, 4.69) is 0 Å². The third-order valence-corrected chi connectivity index (χ3v) is 6.04. The van der Waals surface area contributed by atoms with Crippen LogP contribution in [0, 0.1) is 0 Å². The first-order valence-electron chi connectivity index (χ1n) is 5.89. The third-order valence-electron chi connectivity index (χ3n) is 3.06. The van der Waals surface area contributed by atoms with E-state index in [1.807, 2.05) is 20.8 Å². The van der Waals surface area contributed by atoms with Crippen LogP contribution < -0.4 is 5.73 Å². The predicted molar refractivity (Wildman–Crippen MR) is 65.6 cm³/mol. The van der Waals surface area contributed by atoms with E-state index in [0.29, 0.717) is 12.8 Å². The molecule has 0 bridgehead atoms. The smallest absolute Gasteiger partial charge is 0.157 e. The summed E-state index contributed by atoms with van der Waals surface area (Å²) in [5, 5.41) is -0.641. The van der Waals surface area contributed by atoms with E-state index in [1.54, 1.807) is 6.92 Å². The van der Waals surface area contributed by atoms with E-state index < -0.39 is 9.84 Å². The van der Waals surface area contributed by atoms with Crippen LogP contribution in [0.2, 0.25) is 0 Å². The molecule has 0 fully saturated rings. The van der Waals surface area contributed by atoms with Crippen LogP contribution in [0.4, 0.5) is 0 Å². The van der Waals surface area contributed by atoms with Gasteiger partial charge < -0.3 is 5.73 Å². The summed E-state index contributed by atoms with van der Waals surface area (Å²) in [7, 11) is -3.05. The Labute approximate surface area is 94.4 Å². The highest BCUT2D eigenvalue weighted by Gasteiger charge is 2.32. The monoisotopic (exact) mass is 235 g/mol. The van der Waals surface area contributed by atoms with E-state index in [-0.39, 0.29) is 16.5 Å². The Hall–Kier alpha value is -0.0900. The van der Waals surface area contributed by atoms with Gasteiger partial charge in [-0.15, -0.1) is 0 Å². The molecule has 3 atom stereocenters. The second-order valence-corrected chi connectivity index (χ2v) is 6.80. The molecule has 0 aromatic heterocycles. The second kappa shape index (κ2) is 6.48. The van der Waals surface area contributed by atoms with Gasteiger partial charge in [0.05, 0.1) is 10.5 Å². The van der Waals surface area contributed by atoms with Gasteiger partial charge in [0, 0.05) is 6.04 Å². The van der Waals surface area contributed by atoms with Crippen molar-refractivity contribution in [3.05, 3.63) is 0 Å². The Morgan fingerprint density at radius 3 is 2.00 bits per heavy atom. The molecule has 15 heavy (non-hydrogen) atoms. The first-order valence-corrected chi connectivity index (χ1v) is 7.50. The van der Waals surface area contributed by atoms with Crippen molar-refractivity contribution in [2.24, 2.45) is 5.73 Å². The van der Waals surface area contributed by atoms with E-state index in [0.717, 1.165) is 12.8 Å². The molecule has 3 unspecified atom stereocenters. The zero-order chi connectivity index (χ0) is 12.1. The molecule has 92 valence electrons. The fourth-order valence-electron chi connectivity index (χ4n) is 1.83. The lowest BCUT2D eigenvalue weighted by molar-refractivity contribution is 0.508. The molecule has 4 heteroatoms. The molecule has 0 heterocycles. The van der Waals surface area contributed by atoms with Crippen LogP contribution in [-0.2, 0) is 9.84 Å². The van der Waals surface area contributed by atoms with Crippen molar-refractivity contribution < 1.29 is 8.42 Å². The van der Waals surface area contributed by atoms with Crippen molar-refractivity contribution in [2.75, 3.05) is 0 Å². The molecule has 0 aromatic carbocycles. The van der Waals surface area contributed by atoms with Gasteiger partial charge in [-0.25, -0.2) is 8.42 Å². The maximum absolute atomic E-state index is 12.1. The molecular formula is C11H25NO2S. The molecule has 0 aliphatic rings. The number of sulfone groups is 1. The lowest BCUT2D eigenvalue weighted by Crippen LogP contribution is -2.43. The standard InChI is InChI=1S/C11H25NO2S/c1-5-8-10(12)11(7-3)15(13,14)9(4)6-2/h9-11H,5-8,12H2,1-4H3. The molecule has 0 saturated heterocycles. The quantitative estimate of drug-likeness (QED) is 0.735. The van der Waals surface area contributed by atoms with Crippen molar-refractivity contribution in [2.45, 2.75) is 69.9 Å². The summed E-state index contributed by atoms with van der Waals surface area (Å²) in [4.78, 5) is 0. The minimum Gasteiger partial charge on any atom is -0.327 e. The number of hydrogen-bond acceptors (Lipinski definition) is 3. The Bertz CT molecular complexity index is 262. The predicted octanol–water partition coefficient (Wildman–Crippen LogP) is 2.11. The summed E-state index contributed by atoms with van der Waals surface area (Å²) in [6.07, 6.45) is 3.01. The number of nitrogens with two attached hydrogens (primary N) is 1. The lowest BCUT2D eigenvalue weighted by atomic mass is 10.1. The molecule has 3 nitrogen and oxygen atoms in total. The largest absolute Gasteiger partial charge is 0.327 e. The fourth-order valence-corrected chi connectivity index (χ4v) is 3.98. The van der Waals surface area contributed by atoms with Crippen LogP contribution in [-0.4, -0.2) is 25.0 Å². The molecule has 0 radical (unpaired) electrons. The van der Waals surface area contributed by atoms with Crippen molar-refractivity contribution >= 4 is 9.84 Å². The number of hydrogen-bond donors (Lipinski definition) is 1. The average molecular weight is 235 g/mol. The number of rotatable bonds is 7. The van der Waals surface area contributed by atoms with Gasteiger partial charge in [-0.1, -0.05) is 27.2 Å². The van der Waals surface area contributed by atoms with Crippen LogP contribution in [0.5, 0.6) is 0 Å². The van der Waals surface area contributed by atoms with E-state index in [4.69, 9.17) is 5.73 Å². The SMILES string of the molecule is CCCC(N)C(CC)S(=O)(=O)C(C)CC. The first-order chi connectivity index (χ1) is 6.91. The van der Waals surface area contributed by atoms with Gasteiger partial charge in [-0.3, -0.25) is 0 Å². The Kier molecular flexibility index (Phi) is 6.44. The molecule has 0 aromatic rings. The summed E-state index contributed by atoms with van der Waals surface area (Å²) >= 11 is 0. The molecular weight excluding hydrogens is 210 g/mol. The van der Waals surface area contributed by atoms with Gasteiger partial charge in [-0.05, 0) is 26.2 Å². The third kappa shape index (κ3) is 3.76. The maximum atomic E-state index is 12.1. The summed E-state index contributed by atoms with van der Waals surface area (Å²) < 4.78 is 24.3. The lowest BCUT2D eigenvalue weighted by Gasteiger charge is -2.25. The molecule has 0 amide bonds. The normalized spacial score (nSPS) is 18.5. The van der Waals surface area contributed by atoms with E-state index in [1.165, 1.54) is 0 Å². The highest BCUT2D eigenvalue weighted by Crippen LogP contribution is 2.19. The van der Waals surface area contributed by atoms with Gasteiger partial charge in [0.15, 0.2) is 9.84 Å². The summed E-state index contributed by atoms with van der Waals surface area (Å²) in [5.74, 6) is 0. The molecule has 0 spiro atoms. The summed E-state index contributed by atoms with van der Waals surface area (Å²) in [6, 6.07) is -0.209. The van der Waals surface area contributed by atoms with Crippen LogP contribution in [0.15, 0.2) is 0 Å². The topological polar surface area (TPSA) is 60.2 Å². The summed E-state index contributed by atoms with van der Waals surface area (Å²) in [6.45, 7) is 7.61. The minimum absolute atomic E-state index is 0.209. The van der Waals surface area contributed by atoms with Gasteiger partial charge >= 0.3 is 0 Å². The maximum Gasteiger partial charge on any atom is 0.157 e. The zero-order valence-electron chi connectivity index (χ0n) is 10.4. The molecule has 0 aliphatic carbocycles. The van der Waals surface area contributed by atoms with E-state index in [9.17, 15) is 8.42 Å². The van der Waals surface area contributed by atoms with Gasteiger partial charge in [-0.2, -0.15) is 0 Å². The van der Waals surface area contributed by atoms with Gasteiger partial charge in [0.2, 0.25) is 0 Å². The minimum atomic E-state index is -3.05. The first kappa shape index (κ1) is 14.9. The second-order valence-electron chi connectivity index (χ2n) is 4.21. The van der Waals surface area contributed by atoms with Crippen molar-refractivity contribution in [3.63, 3.8) is 0 Å². The van der Waals surface area contributed by atoms with Crippen LogP contribution >= 0.6 is 0 Å². The highest BCUT2D eigenvalue weighted by atomic mass is 32.2. The molecule has 2 N–H and O–H groups in total. The fraction of sp³-hybridized carbons (Fsp3) is 1.00. The Morgan fingerprint density at radius 1 is 1.13 bits per heavy atom. The van der Waals surface area contributed by atoms with Crippen LogP contribution in [0.1, 0.15) is 53.4 Å². The molecule has 0 saturated carbocycles. The molecule has 0 aliphatic heterocycles. The van der Waals surface area contributed by atoms with Gasteiger partial charge in [0.25, 0.3) is 0 Å². The average Bonchev–Trinajstić information content (AvgIpc) is 2.17. The Morgan fingerprint density at radius 2 is 1.67 bits per heavy atom. The van der Waals surface area contributed by atoms with Gasteiger partial charge in [0.1, 0.15) is 0 Å². The summed E-state index contributed by atoms with van der Waals surface area (Å²) in [5.41, 5.74) is 5.94.